The molecular formula is C32H48N2O4. The first kappa shape index (κ1) is 31.2. The molecule has 0 aliphatic carbocycles. The van der Waals surface area contributed by atoms with E-state index in [1.807, 2.05) is 102 Å². The third kappa shape index (κ3) is 11.2. The first-order valence-corrected chi connectivity index (χ1v) is 13.8. The number of ether oxygens (including phenoxy) is 2. The van der Waals surface area contributed by atoms with E-state index in [4.69, 9.17) is 9.47 Å². The summed E-state index contributed by atoms with van der Waals surface area (Å²) in [6.07, 6.45) is 3.32. The van der Waals surface area contributed by atoms with E-state index >= 15 is 0 Å². The molecule has 0 saturated carbocycles. The van der Waals surface area contributed by atoms with Crippen LogP contribution >= 0.6 is 0 Å². The van der Waals surface area contributed by atoms with E-state index in [0.717, 1.165) is 36.8 Å². The molecule has 2 rings (SSSR count). The second-order valence-electron chi connectivity index (χ2n) is 12.0. The SMILES string of the molecule is CCC[C@H](CC[C@@H](Cc1ccccc1)N(C)C(=O)OC(C)(C)C)N(Cc1ccccc1)C(=O)OC(C)(C)C. The van der Waals surface area contributed by atoms with Gasteiger partial charge in [-0.1, -0.05) is 74.0 Å². The predicted octanol–water partition coefficient (Wildman–Crippen LogP) is 7.85. The van der Waals surface area contributed by atoms with Crippen LogP contribution in [0.5, 0.6) is 0 Å². The minimum Gasteiger partial charge on any atom is -0.444 e. The van der Waals surface area contributed by atoms with Gasteiger partial charge in [-0.05, 0) is 78.4 Å². The van der Waals surface area contributed by atoms with Crippen molar-refractivity contribution in [3.8, 4) is 0 Å². The highest BCUT2D eigenvalue weighted by molar-refractivity contribution is 5.69. The van der Waals surface area contributed by atoms with Gasteiger partial charge in [0.05, 0.1) is 0 Å². The number of hydrogen-bond acceptors (Lipinski definition) is 4. The molecule has 0 radical (unpaired) electrons. The van der Waals surface area contributed by atoms with Crippen LogP contribution in [0, 0.1) is 0 Å². The van der Waals surface area contributed by atoms with Crippen LogP contribution in [0.25, 0.3) is 0 Å². The van der Waals surface area contributed by atoms with Crippen molar-refractivity contribution in [2.75, 3.05) is 7.05 Å². The van der Waals surface area contributed by atoms with Gasteiger partial charge >= 0.3 is 12.2 Å². The van der Waals surface area contributed by atoms with Gasteiger partial charge in [0.1, 0.15) is 11.2 Å². The second kappa shape index (κ2) is 14.2. The molecule has 0 heterocycles. The standard InChI is InChI=1S/C32H48N2O4/c1-9-16-27(34(30(36)38-32(5,6)7)24-26-19-14-11-15-20-26)21-22-28(23-25-17-12-10-13-18-25)33(8)29(35)37-31(2,3)4/h10-15,17-20,27-28H,9,16,21-24H2,1-8H3/t27-,28+/m1/s1. The van der Waals surface area contributed by atoms with Crippen LogP contribution < -0.4 is 0 Å². The Kier molecular flexibility index (Phi) is 11.7. The van der Waals surface area contributed by atoms with Crippen molar-refractivity contribution in [2.45, 2.75) is 110 Å². The minimum absolute atomic E-state index is 0.0274. The normalized spacial score (nSPS) is 13.4. The molecule has 2 amide bonds. The van der Waals surface area contributed by atoms with Gasteiger partial charge in [0.15, 0.2) is 0 Å². The average molecular weight is 525 g/mol. The van der Waals surface area contributed by atoms with Crippen molar-refractivity contribution >= 4 is 12.2 Å². The Morgan fingerprint density at radius 1 is 0.711 bits per heavy atom. The van der Waals surface area contributed by atoms with Gasteiger partial charge in [0.2, 0.25) is 0 Å². The van der Waals surface area contributed by atoms with Gasteiger partial charge in [-0.2, -0.15) is 0 Å². The van der Waals surface area contributed by atoms with Gasteiger partial charge in [-0.15, -0.1) is 0 Å². The zero-order chi connectivity index (χ0) is 28.3. The summed E-state index contributed by atoms with van der Waals surface area (Å²) in [6, 6.07) is 20.1. The van der Waals surface area contributed by atoms with Crippen molar-refractivity contribution < 1.29 is 19.1 Å². The number of likely N-dealkylation sites (N-methyl/N-ethyl adjacent to an activating group) is 1. The van der Waals surface area contributed by atoms with Gasteiger partial charge in [0, 0.05) is 25.7 Å². The molecule has 0 aliphatic heterocycles. The molecule has 0 N–H and O–H groups in total. The Hall–Kier alpha value is -3.02. The summed E-state index contributed by atoms with van der Waals surface area (Å²) in [4.78, 5) is 30.0. The number of rotatable bonds is 11. The lowest BCUT2D eigenvalue weighted by Gasteiger charge is -2.36. The molecule has 0 unspecified atom stereocenters. The Bertz CT molecular complexity index is 980. The fourth-order valence-corrected chi connectivity index (χ4v) is 4.42. The summed E-state index contributed by atoms with van der Waals surface area (Å²) < 4.78 is 11.5. The van der Waals surface area contributed by atoms with E-state index in [9.17, 15) is 9.59 Å². The van der Waals surface area contributed by atoms with Crippen LogP contribution in [0.2, 0.25) is 0 Å². The lowest BCUT2D eigenvalue weighted by Crippen LogP contribution is -2.45. The zero-order valence-corrected chi connectivity index (χ0v) is 24.7. The van der Waals surface area contributed by atoms with Crippen molar-refractivity contribution in [2.24, 2.45) is 0 Å². The van der Waals surface area contributed by atoms with Crippen LogP contribution in [0.1, 0.15) is 85.3 Å². The second-order valence-corrected chi connectivity index (χ2v) is 12.0. The van der Waals surface area contributed by atoms with Crippen LogP contribution in [-0.2, 0) is 22.4 Å². The maximum atomic E-state index is 13.4. The number of carbonyl (C=O) groups excluding carboxylic acids is 2. The van der Waals surface area contributed by atoms with E-state index in [-0.39, 0.29) is 24.3 Å². The van der Waals surface area contributed by atoms with Gasteiger partial charge in [-0.3, -0.25) is 0 Å². The molecule has 0 spiro atoms. The maximum Gasteiger partial charge on any atom is 0.410 e. The molecule has 6 heteroatoms. The molecule has 38 heavy (non-hydrogen) atoms. The van der Waals surface area contributed by atoms with Crippen LogP contribution in [-0.4, -0.2) is 52.3 Å². The highest BCUT2D eigenvalue weighted by atomic mass is 16.6. The first-order valence-electron chi connectivity index (χ1n) is 13.8. The Labute approximate surface area is 230 Å². The molecule has 2 aromatic carbocycles. The molecule has 0 aliphatic rings. The first-order chi connectivity index (χ1) is 17.8. The van der Waals surface area contributed by atoms with Crippen LogP contribution in [0.15, 0.2) is 60.7 Å². The molecule has 0 saturated heterocycles. The van der Waals surface area contributed by atoms with Gasteiger partial charge < -0.3 is 19.3 Å². The maximum absolute atomic E-state index is 13.4. The van der Waals surface area contributed by atoms with E-state index < -0.39 is 11.2 Å². The van der Waals surface area contributed by atoms with Crippen molar-refractivity contribution in [3.63, 3.8) is 0 Å². The number of carbonyl (C=O) groups is 2. The summed E-state index contributed by atoms with van der Waals surface area (Å²) in [5, 5.41) is 0. The average Bonchev–Trinajstić information content (AvgIpc) is 2.83. The largest absolute Gasteiger partial charge is 0.444 e. The topological polar surface area (TPSA) is 59.1 Å². The number of nitrogens with zero attached hydrogens (tertiary/aromatic N) is 2. The van der Waals surface area contributed by atoms with E-state index in [1.165, 1.54) is 0 Å². The lowest BCUT2D eigenvalue weighted by molar-refractivity contribution is 0.00826. The molecule has 6 nitrogen and oxygen atoms in total. The van der Waals surface area contributed by atoms with Crippen LogP contribution in [0.4, 0.5) is 9.59 Å². The Morgan fingerprint density at radius 2 is 1.18 bits per heavy atom. The van der Waals surface area contributed by atoms with Gasteiger partial charge in [-0.25, -0.2) is 9.59 Å². The van der Waals surface area contributed by atoms with Crippen molar-refractivity contribution in [3.05, 3.63) is 71.8 Å². The third-order valence-electron chi connectivity index (χ3n) is 6.26. The highest BCUT2D eigenvalue weighted by Gasteiger charge is 2.31. The van der Waals surface area contributed by atoms with E-state index in [2.05, 4.69) is 19.1 Å². The predicted molar refractivity (Wildman–Crippen MR) is 154 cm³/mol. The number of amides is 2. The summed E-state index contributed by atoms with van der Waals surface area (Å²) in [6.45, 7) is 13.9. The minimum atomic E-state index is -0.588. The lowest BCUT2D eigenvalue weighted by atomic mass is 9.95. The highest BCUT2D eigenvalue weighted by Crippen LogP contribution is 2.24. The smallest absolute Gasteiger partial charge is 0.410 e. The quantitative estimate of drug-likeness (QED) is 0.300. The number of benzene rings is 2. The Morgan fingerprint density at radius 3 is 1.68 bits per heavy atom. The molecule has 2 atom stereocenters. The zero-order valence-electron chi connectivity index (χ0n) is 24.7. The monoisotopic (exact) mass is 524 g/mol. The fourth-order valence-electron chi connectivity index (χ4n) is 4.42. The Balaban J connectivity index is 2.30. The molecule has 2 aromatic rings. The summed E-state index contributed by atoms with van der Waals surface area (Å²) in [5.41, 5.74) is 1.06. The van der Waals surface area contributed by atoms with E-state index in [1.54, 1.807) is 4.90 Å². The summed E-state index contributed by atoms with van der Waals surface area (Å²) in [5.74, 6) is 0. The third-order valence-corrected chi connectivity index (χ3v) is 6.26. The van der Waals surface area contributed by atoms with Crippen molar-refractivity contribution in [1.82, 2.24) is 9.80 Å². The van der Waals surface area contributed by atoms with E-state index in [0.29, 0.717) is 13.0 Å². The number of hydrogen-bond donors (Lipinski definition) is 0. The molecule has 210 valence electrons. The molecular weight excluding hydrogens is 476 g/mol. The fraction of sp³-hybridized carbons (Fsp3) is 0.562. The van der Waals surface area contributed by atoms with Crippen LogP contribution in [0.3, 0.4) is 0 Å². The molecule has 0 fully saturated rings. The summed E-state index contributed by atoms with van der Waals surface area (Å²) >= 11 is 0. The molecule has 0 bridgehead atoms. The van der Waals surface area contributed by atoms with Gasteiger partial charge in [0.25, 0.3) is 0 Å². The summed E-state index contributed by atoms with van der Waals surface area (Å²) in [7, 11) is 1.81. The van der Waals surface area contributed by atoms with Crippen molar-refractivity contribution in [1.29, 1.82) is 0 Å². The molecule has 0 aromatic heterocycles.